The number of amides is 1. The summed E-state index contributed by atoms with van der Waals surface area (Å²) in [5.74, 6) is -0.340. The summed E-state index contributed by atoms with van der Waals surface area (Å²) in [6, 6.07) is 6.15. The maximum atomic E-state index is 13.2. The predicted octanol–water partition coefficient (Wildman–Crippen LogP) is 3.13. The van der Waals surface area contributed by atoms with Crippen LogP contribution in [0, 0.1) is 11.2 Å². The first-order chi connectivity index (χ1) is 8.39. The molecule has 1 atom stereocenters. The van der Waals surface area contributed by atoms with Gasteiger partial charge in [0.25, 0.3) is 0 Å². The van der Waals surface area contributed by atoms with E-state index in [9.17, 15) is 9.18 Å². The second-order valence-electron chi connectivity index (χ2n) is 5.50. The Morgan fingerprint density at radius 1 is 1.44 bits per heavy atom. The van der Waals surface area contributed by atoms with E-state index in [0.717, 1.165) is 5.56 Å². The minimum absolute atomic E-state index is 0.0505. The quantitative estimate of drug-likeness (QED) is 0.751. The number of nitrogens with zero attached hydrogens (tertiary/aromatic N) is 2. The molecule has 3 nitrogen and oxygen atoms in total. The molecule has 1 aromatic rings. The highest BCUT2D eigenvalue weighted by Gasteiger charge is 2.34. The van der Waals surface area contributed by atoms with Gasteiger partial charge in [0.15, 0.2) is 0 Å². The maximum Gasteiger partial charge on any atom is 0.248 e. The van der Waals surface area contributed by atoms with Crippen LogP contribution in [0.25, 0.3) is 0 Å². The van der Waals surface area contributed by atoms with Crippen LogP contribution in [0.4, 0.5) is 4.39 Å². The highest BCUT2D eigenvalue weighted by atomic mass is 19.1. The molecule has 2 rings (SSSR count). The van der Waals surface area contributed by atoms with Crippen LogP contribution in [0.2, 0.25) is 0 Å². The van der Waals surface area contributed by atoms with Gasteiger partial charge in [-0.05, 0) is 17.7 Å². The Hall–Kier alpha value is -1.71. The Kier molecular flexibility index (Phi) is 3.20. The van der Waals surface area contributed by atoms with Gasteiger partial charge in [0.1, 0.15) is 5.82 Å². The minimum Gasteiger partial charge on any atom is -0.272 e. The molecule has 0 fully saturated rings. The highest BCUT2D eigenvalue weighted by molar-refractivity contribution is 5.84. The van der Waals surface area contributed by atoms with Crippen molar-refractivity contribution in [3.05, 3.63) is 35.6 Å². The molecule has 0 unspecified atom stereocenters. The van der Waals surface area contributed by atoms with Gasteiger partial charge < -0.3 is 0 Å². The van der Waals surface area contributed by atoms with Crippen molar-refractivity contribution in [2.24, 2.45) is 10.5 Å². The molecule has 0 aromatic heterocycles. The van der Waals surface area contributed by atoms with Gasteiger partial charge in [0.2, 0.25) is 5.91 Å². The van der Waals surface area contributed by atoms with Crippen LogP contribution >= 0.6 is 0 Å². The van der Waals surface area contributed by atoms with Crippen LogP contribution in [0.1, 0.15) is 38.8 Å². The normalized spacial score (nSPS) is 19.3. The lowest BCUT2D eigenvalue weighted by Crippen LogP contribution is -2.36. The number of rotatable bonds is 1. The number of hydrogen-bond acceptors (Lipinski definition) is 2. The van der Waals surface area contributed by atoms with E-state index >= 15 is 0 Å². The Morgan fingerprint density at radius 2 is 2.17 bits per heavy atom. The van der Waals surface area contributed by atoms with Crippen molar-refractivity contribution in [1.29, 1.82) is 0 Å². The molecule has 0 radical (unpaired) electrons. The Balaban J connectivity index is 2.27. The van der Waals surface area contributed by atoms with Crippen LogP contribution in [0.3, 0.4) is 0 Å². The molecule has 0 aliphatic carbocycles. The van der Waals surface area contributed by atoms with Crippen molar-refractivity contribution >= 4 is 12.1 Å². The SMILES string of the molecule is CC(C)(C)C(=O)N1N=CC[C@H]1c1cccc(F)c1. The zero-order chi connectivity index (χ0) is 13.3. The standard InChI is InChI=1S/C14H17FN2O/c1-14(2,3)13(18)17-12(7-8-16-17)10-5-4-6-11(15)9-10/h4-6,8-9,12H,7H2,1-3H3/t12-/m0/s1. The lowest BCUT2D eigenvalue weighted by atomic mass is 9.94. The summed E-state index contributed by atoms with van der Waals surface area (Å²) in [5, 5.41) is 5.59. The first-order valence-corrected chi connectivity index (χ1v) is 6.01. The van der Waals surface area contributed by atoms with E-state index in [1.165, 1.54) is 17.1 Å². The average molecular weight is 248 g/mol. The van der Waals surface area contributed by atoms with Gasteiger partial charge in [-0.3, -0.25) is 4.79 Å². The lowest BCUT2D eigenvalue weighted by Gasteiger charge is -2.28. The molecule has 1 heterocycles. The zero-order valence-electron chi connectivity index (χ0n) is 10.9. The first kappa shape index (κ1) is 12.7. The first-order valence-electron chi connectivity index (χ1n) is 6.01. The number of carbonyl (C=O) groups is 1. The summed E-state index contributed by atoms with van der Waals surface area (Å²) < 4.78 is 13.2. The Morgan fingerprint density at radius 3 is 2.78 bits per heavy atom. The summed E-state index contributed by atoms with van der Waals surface area (Å²) in [7, 11) is 0. The van der Waals surface area contributed by atoms with Crippen molar-refractivity contribution < 1.29 is 9.18 Å². The van der Waals surface area contributed by atoms with E-state index in [-0.39, 0.29) is 17.8 Å². The number of hydrogen-bond donors (Lipinski definition) is 0. The van der Waals surface area contributed by atoms with Gasteiger partial charge >= 0.3 is 0 Å². The molecule has 1 amide bonds. The molecule has 0 bridgehead atoms. The van der Waals surface area contributed by atoms with E-state index in [0.29, 0.717) is 6.42 Å². The van der Waals surface area contributed by atoms with Crippen molar-refractivity contribution in [1.82, 2.24) is 5.01 Å². The van der Waals surface area contributed by atoms with Gasteiger partial charge in [-0.15, -0.1) is 0 Å². The van der Waals surface area contributed by atoms with Crippen LogP contribution in [-0.4, -0.2) is 17.1 Å². The minimum atomic E-state index is -0.493. The van der Waals surface area contributed by atoms with Gasteiger partial charge in [0.05, 0.1) is 6.04 Å². The average Bonchev–Trinajstić information content (AvgIpc) is 2.75. The van der Waals surface area contributed by atoms with Gasteiger partial charge in [-0.25, -0.2) is 9.40 Å². The zero-order valence-corrected chi connectivity index (χ0v) is 10.9. The molecule has 0 spiro atoms. The van der Waals surface area contributed by atoms with Gasteiger partial charge in [-0.1, -0.05) is 32.9 Å². The number of benzene rings is 1. The topological polar surface area (TPSA) is 32.7 Å². The number of hydrazone groups is 1. The fourth-order valence-corrected chi connectivity index (χ4v) is 1.94. The molecule has 0 N–H and O–H groups in total. The van der Waals surface area contributed by atoms with Crippen molar-refractivity contribution in [3.63, 3.8) is 0 Å². The summed E-state index contributed by atoms with van der Waals surface area (Å²) in [6.07, 6.45) is 2.34. The van der Waals surface area contributed by atoms with E-state index in [2.05, 4.69) is 5.10 Å². The molecule has 96 valence electrons. The fraction of sp³-hybridized carbons (Fsp3) is 0.429. The fourth-order valence-electron chi connectivity index (χ4n) is 1.94. The summed E-state index contributed by atoms with van der Waals surface area (Å²) in [5.41, 5.74) is 0.290. The highest BCUT2D eigenvalue weighted by Crippen LogP contribution is 2.32. The van der Waals surface area contributed by atoms with Crippen LogP contribution < -0.4 is 0 Å². The molecule has 4 heteroatoms. The Bertz CT molecular complexity index is 491. The molecule has 1 aliphatic rings. The van der Waals surface area contributed by atoms with Crippen molar-refractivity contribution in [2.75, 3.05) is 0 Å². The van der Waals surface area contributed by atoms with E-state index in [1.54, 1.807) is 12.3 Å². The number of carbonyl (C=O) groups excluding carboxylic acids is 1. The second kappa shape index (κ2) is 4.52. The van der Waals surface area contributed by atoms with Crippen LogP contribution in [0.15, 0.2) is 29.4 Å². The third-order valence-corrected chi connectivity index (χ3v) is 2.91. The number of halogens is 1. The maximum absolute atomic E-state index is 13.2. The molecule has 18 heavy (non-hydrogen) atoms. The molecular formula is C14H17FN2O. The monoisotopic (exact) mass is 248 g/mol. The van der Waals surface area contributed by atoms with E-state index in [4.69, 9.17) is 0 Å². The molecule has 1 aliphatic heterocycles. The third kappa shape index (κ3) is 2.42. The van der Waals surface area contributed by atoms with Crippen LogP contribution in [-0.2, 0) is 4.79 Å². The van der Waals surface area contributed by atoms with E-state index in [1.807, 2.05) is 26.8 Å². The predicted molar refractivity (Wildman–Crippen MR) is 68.6 cm³/mol. The molecule has 1 aromatic carbocycles. The summed E-state index contributed by atoms with van der Waals surface area (Å²) in [6.45, 7) is 5.56. The third-order valence-electron chi connectivity index (χ3n) is 2.91. The summed E-state index contributed by atoms with van der Waals surface area (Å²) in [4.78, 5) is 12.3. The van der Waals surface area contributed by atoms with E-state index < -0.39 is 5.41 Å². The second-order valence-corrected chi connectivity index (χ2v) is 5.50. The largest absolute Gasteiger partial charge is 0.272 e. The molecule has 0 saturated heterocycles. The van der Waals surface area contributed by atoms with Gasteiger partial charge in [0, 0.05) is 18.1 Å². The molecule has 0 saturated carbocycles. The smallest absolute Gasteiger partial charge is 0.248 e. The van der Waals surface area contributed by atoms with Gasteiger partial charge in [-0.2, -0.15) is 5.10 Å². The lowest BCUT2D eigenvalue weighted by molar-refractivity contribution is -0.141. The summed E-state index contributed by atoms with van der Waals surface area (Å²) >= 11 is 0. The Labute approximate surface area is 106 Å². The van der Waals surface area contributed by atoms with Crippen LogP contribution in [0.5, 0.6) is 0 Å². The van der Waals surface area contributed by atoms with Crippen molar-refractivity contribution in [2.45, 2.75) is 33.2 Å². The van der Waals surface area contributed by atoms with Crippen molar-refractivity contribution in [3.8, 4) is 0 Å². The molecular weight excluding hydrogens is 231 g/mol.